The number of benzene rings is 1. The summed E-state index contributed by atoms with van der Waals surface area (Å²) in [6, 6.07) is 5.20. The fourth-order valence-corrected chi connectivity index (χ4v) is 1.46. The van der Waals surface area contributed by atoms with Gasteiger partial charge in [-0.15, -0.1) is 4.68 Å². The zero-order chi connectivity index (χ0) is 9.42. The number of halogens is 1. The molecule has 4 heteroatoms. The monoisotopic (exact) mass is 195 g/mol. The van der Waals surface area contributed by atoms with Crippen molar-refractivity contribution >= 4 is 22.5 Å². The SMILES string of the molecule is C[n+]1cc(=O)c2cc(Cl)ccc2[nH]1. The standard InChI is InChI=1S/C9H7ClN2O/c1-12-5-9(13)7-4-6(10)2-3-8(7)11-12/h2-5H,1H3/p+1. The van der Waals surface area contributed by atoms with Gasteiger partial charge >= 0.3 is 0 Å². The maximum absolute atomic E-state index is 11.5. The van der Waals surface area contributed by atoms with Crippen molar-refractivity contribution in [1.29, 1.82) is 0 Å². The first-order chi connectivity index (χ1) is 6.16. The Morgan fingerprint density at radius 1 is 1.46 bits per heavy atom. The van der Waals surface area contributed by atoms with Crippen molar-refractivity contribution < 1.29 is 4.68 Å². The highest BCUT2D eigenvalue weighted by Crippen LogP contribution is 2.12. The van der Waals surface area contributed by atoms with Gasteiger partial charge in [0.2, 0.25) is 6.20 Å². The summed E-state index contributed by atoms with van der Waals surface area (Å²) in [5.41, 5.74) is 0.762. The highest BCUT2D eigenvalue weighted by atomic mass is 35.5. The number of nitrogens with one attached hydrogen (secondary N) is 1. The molecule has 0 aliphatic rings. The molecule has 1 aromatic carbocycles. The van der Waals surface area contributed by atoms with Crippen molar-refractivity contribution in [2.75, 3.05) is 0 Å². The van der Waals surface area contributed by atoms with E-state index in [1.54, 1.807) is 29.9 Å². The third-order valence-electron chi connectivity index (χ3n) is 1.85. The lowest BCUT2D eigenvalue weighted by Crippen LogP contribution is -2.36. The van der Waals surface area contributed by atoms with Gasteiger partial charge in [-0.1, -0.05) is 11.6 Å². The van der Waals surface area contributed by atoms with Gasteiger partial charge < -0.3 is 0 Å². The molecule has 66 valence electrons. The Morgan fingerprint density at radius 3 is 3.00 bits per heavy atom. The second kappa shape index (κ2) is 2.85. The molecule has 0 saturated heterocycles. The molecule has 2 aromatic rings. The van der Waals surface area contributed by atoms with Crippen LogP contribution in [0.3, 0.4) is 0 Å². The van der Waals surface area contributed by atoms with E-state index in [0.29, 0.717) is 10.4 Å². The number of nitrogens with zero attached hydrogens (tertiary/aromatic N) is 1. The summed E-state index contributed by atoms with van der Waals surface area (Å²) >= 11 is 5.77. The van der Waals surface area contributed by atoms with Gasteiger partial charge in [0.15, 0.2) is 7.05 Å². The number of aromatic nitrogens is 2. The van der Waals surface area contributed by atoms with Crippen LogP contribution in [-0.2, 0) is 7.05 Å². The highest BCUT2D eigenvalue weighted by molar-refractivity contribution is 6.31. The lowest BCUT2D eigenvalue weighted by molar-refractivity contribution is -0.729. The largest absolute Gasteiger partial charge is 0.282 e. The van der Waals surface area contributed by atoms with Crippen molar-refractivity contribution in [2.45, 2.75) is 0 Å². The maximum atomic E-state index is 11.5. The molecule has 0 aliphatic heterocycles. The van der Waals surface area contributed by atoms with Crippen LogP contribution in [0.2, 0.25) is 5.02 Å². The summed E-state index contributed by atoms with van der Waals surface area (Å²) in [5, 5.41) is 4.21. The van der Waals surface area contributed by atoms with E-state index in [4.69, 9.17) is 11.6 Å². The fraction of sp³-hybridized carbons (Fsp3) is 0.111. The number of fused-ring (bicyclic) bond motifs is 1. The Balaban J connectivity index is 2.95. The Labute approximate surface area is 79.6 Å². The average molecular weight is 196 g/mol. The minimum atomic E-state index is -0.0289. The summed E-state index contributed by atoms with van der Waals surface area (Å²) in [6.45, 7) is 0. The van der Waals surface area contributed by atoms with E-state index in [9.17, 15) is 4.79 Å². The van der Waals surface area contributed by atoms with Crippen molar-refractivity contribution in [3.05, 3.63) is 39.6 Å². The number of hydrogen-bond donors (Lipinski definition) is 1. The molecule has 0 fully saturated rings. The lowest BCUT2D eigenvalue weighted by atomic mass is 10.2. The number of rotatable bonds is 0. The fourth-order valence-electron chi connectivity index (χ4n) is 1.29. The minimum absolute atomic E-state index is 0.0289. The van der Waals surface area contributed by atoms with Crippen LogP contribution in [0.4, 0.5) is 0 Å². The molecular weight excluding hydrogens is 188 g/mol. The molecule has 0 unspecified atom stereocenters. The number of hydrogen-bond acceptors (Lipinski definition) is 1. The van der Waals surface area contributed by atoms with Crippen LogP contribution < -0.4 is 10.1 Å². The predicted molar refractivity (Wildman–Crippen MR) is 50.8 cm³/mol. The molecule has 1 aromatic heterocycles. The van der Waals surface area contributed by atoms with Gasteiger partial charge in [-0.2, -0.15) is 5.10 Å². The molecule has 13 heavy (non-hydrogen) atoms. The Morgan fingerprint density at radius 2 is 2.23 bits per heavy atom. The van der Waals surface area contributed by atoms with Gasteiger partial charge in [-0.3, -0.25) is 4.79 Å². The van der Waals surface area contributed by atoms with Gasteiger partial charge in [-0.25, -0.2) is 0 Å². The van der Waals surface area contributed by atoms with Crippen LogP contribution in [0.25, 0.3) is 10.9 Å². The smallest absolute Gasteiger partial charge is 0.253 e. The second-order valence-electron chi connectivity index (χ2n) is 2.91. The molecule has 1 heterocycles. The van der Waals surface area contributed by atoms with Crippen LogP contribution in [0.5, 0.6) is 0 Å². The van der Waals surface area contributed by atoms with E-state index in [1.807, 2.05) is 0 Å². The highest BCUT2D eigenvalue weighted by Gasteiger charge is 2.04. The quantitative estimate of drug-likeness (QED) is 0.626. The van der Waals surface area contributed by atoms with Crippen molar-refractivity contribution in [2.24, 2.45) is 7.05 Å². The summed E-state index contributed by atoms with van der Waals surface area (Å²) in [4.78, 5) is 11.5. The molecule has 0 saturated carbocycles. The maximum Gasteiger partial charge on any atom is 0.253 e. The zero-order valence-electron chi connectivity index (χ0n) is 7.04. The van der Waals surface area contributed by atoms with Crippen molar-refractivity contribution in [3.8, 4) is 0 Å². The van der Waals surface area contributed by atoms with Gasteiger partial charge in [0.1, 0.15) is 5.52 Å². The topological polar surface area (TPSA) is 36.7 Å². The first-order valence-electron chi connectivity index (χ1n) is 3.85. The normalized spacial score (nSPS) is 10.6. The molecule has 1 N–H and O–H groups in total. The van der Waals surface area contributed by atoms with Crippen LogP contribution in [-0.4, -0.2) is 5.10 Å². The van der Waals surface area contributed by atoms with E-state index in [0.717, 1.165) is 5.52 Å². The summed E-state index contributed by atoms with van der Waals surface area (Å²) in [7, 11) is 1.77. The molecule has 0 amide bonds. The lowest BCUT2D eigenvalue weighted by Gasteiger charge is -1.95. The summed E-state index contributed by atoms with van der Waals surface area (Å²) in [5.74, 6) is 0. The van der Waals surface area contributed by atoms with E-state index < -0.39 is 0 Å². The molecule has 2 rings (SSSR count). The van der Waals surface area contributed by atoms with Crippen molar-refractivity contribution in [3.63, 3.8) is 0 Å². The van der Waals surface area contributed by atoms with Crippen LogP contribution in [0.1, 0.15) is 0 Å². The molecule has 0 atom stereocenters. The predicted octanol–water partition coefficient (Wildman–Crippen LogP) is 1.01. The number of aryl methyl sites for hydroxylation is 1. The number of H-pyrrole nitrogens is 1. The molecular formula is C9H8ClN2O+. The van der Waals surface area contributed by atoms with Crippen molar-refractivity contribution in [1.82, 2.24) is 5.10 Å². The van der Waals surface area contributed by atoms with Gasteiger partial charge in [-0.05, 0) is 18.2 Å². The molecule has 3 nitrogen and oxygen atoms in total. The van der Waals surface area contributed by atoms with Crippen LogP contribution >= 0.6 is 11.6 Å². The average Bonchev–Trinajstić information content (AvgIpc) is 2.06. The van der Waals surface area contributed by atoms with Gasteiger partial charge in [0.05, 0.1) is 5.39 Å². The number of aromatic amines is 1. The van der Waals surface area contributed by atoms with E-state index in [1.165, 1.54) is 6.20 Å². The van der Waals surface area contributed by atoms with E-state index in [-0.39, 0.29) is 5.43 Å². The minimum Gasteiger partial charge on any atom is -0.282 e. The van der Waals surface area contributed by atoms with E-state index >= 15 is 0 Å². The third-order valence-corrected chi connectivity index (χ3v) is 2.09. The molecule has 0 aliphatic carbocycles. The van der Waals surface area contributed by atoms with E-state index in [2.05, 4.69) is 5.10 Å². The van der Waals surface area contributed by atoms with Gasteiger partial charge in [0, 0.05) is 5.02 Å². The first kappa shape index (κ1) is 8.26. The molecule has 0 spiro atoms. The Bertz CT molecular complexity index is 518. The third kappa shape index (κ3) is 1.42. The van der Waals surface area contributed by atoms with Gasteiger partial charge in [0.25, 0.3) is 5.43 Å². The zero-order valence-corrected chi connectivity index (χ0v) is 7.80. The van der Waals surface area contributed by atoms with Crippen LogP contribution in [0.15, 0.2) is 29.2 Å². The second-order valence-corrected chi connectivity index (χ2v) is 3.34. The summed E-state index contributed by atoms with van der Waals surface area (Å²) < 4.78 is 1.62. The first-order valence-corrected chi connectivity index (χ1v) is 4.23. The Hall–Kier alpha value is -1.35. The molecule has 0 bridgehead atoms. The molecule has 0 radical (unpaired) electrons. The summed E-state index contributed by atoms with van der Waals surface area (Å²) in [6.07, 6.45) is 1.48. The van der Waals surface area contributed by atoms with Crippen LogP contribution in [0, 0.1) is 0 Å². The Kier molecular flexibility index (Phi) is 1.81.